The van der Waals surface area contributed by atoms with Crippen LogP contribution >= 0.6 is 0 Å². The molecule has 0 fully saturated rings. The zero-order chi connectivity index (χ0) is 14.6. The van der Waals surface area contributed by atoms with Crippen molar-refractivity contribution < 1.29 is 13.3 Å². The minimum absolute atomic E-state index is 0.00509. The lowest BCUT2D eigenvalue weighted by molar-refractivity contribution is -0.385. The molecule has 0 amide bonds. The standard InChI is InChI=1S/C9H15N5O4S/c1-6-7(14(15)16)8(13-9(10-2)12-6)11-4-5-19(3,17)18/h4-5H2,1-3H3,(H2,10,11,12,13). The maximum atomic E-state index is 11.0. The Kier molecular flexibility index (Phi) is 4.59. The lowest BCUT2D eigenvalue weighted by Crippen LogP contribution is -2.16. The molecule has 1 rings (SSSR count). The molecule has 0 aliphatic rings. The summed E-state index contributed by atoms with van der Waals surface area (Å²) in [5, 5.41) is 16.3. The Morgan fingerprint density at radius 1 is 1.37 bits per heavy atom. The van der Waals surface area contributed by atoms with Crippen molar-refractivity contribution >= 4 is 27.3 Å². The van der Waals surface area contributed by atoms with Crippen molar-refractivity contribution in [3.63, 3.8) is 0 Å². The largest absolute Gasteiger partial charge is 0.363 e. The predicted molar refractivity (Wildman–Crippen MR) is 71.2 cm³/mol. The van der Waals surface area contributed by atoms with Crippen LogP contribution in [0.15, 0.2) is 0 Å². The summed E-state index contributed by atoms with van der Waals surface area (Å²) in [6, 6.07) is 0. The predicted octanol–water partition coefficient (Wildman–Crippen LogP) is 0.191. The molecular weight excluding hydrogens is 274 g/mol. The van der Waals surface area contributed by atoms with Crippen molar-refractivity contribution in [2.75, 3.05) is 36.2 Å². The van der Waals surface area contributed by atoms with Crippen LogP contribution in [0.2, 0.25) is 0 Å². The van der Waals surface area contributed by atoms with Gasteiger partial charge in [0, 0.05) is 19.8 Å². The molecule has 2 N–H and O–H groups in total. The topological polar surface area (TPSA) is 127 Å². The first-order valence-corrected chi connectivity index (χ1v) is 7.43. The van der Waals surface area contributed by atoms with E-state index >= 15 is 0 Å². The molecule has 0 aromatic carbocycles. The Labute approximate surface area is 110 Å². The smallest absolute Gasteiger partial charge is 0.332 e. The molecule has 0 unspecified atom stereocenters. The van der Waals surface area contributed by atoms with E-state index in [1.54, 1.807) is 7.05 Å². The Morgan fingerprint density at radius 2 is 2.00 bits per heavy atom. The van der Waals surface area contributed by atoms with Crippen molar-refractivity contribution in [3.05, 3.63) is 15.8 Å². The van der Waals surface area contributed by atoms with Gasteiger partial charge in [-0.2, -0.15) is 4.98 Å². The third kappa shape index (κ3) is 4.32. The highest BCUT2D eigenvalue weighted by Crippen LogP contribution is 2.26. The maximum absolute atomic E-state index is 11.0. The molecule has 0 atom stereocenters. The van der Waals surface area contributed by atoms with Gasteiger partial charge in [-0.25, -0.2) is 13.4 Å². The van der Waals surface area contributed by atoms with Gasteiger partial charge in [-0.05, 0) is 6.92 Å². The lowest BCUT2D eigenvalue weighted by atomic mass is 10.3. The normalized spacial score (nSPS) is 11.1. The molecule has 1 heterocycles. The van der Waals surface area contributed by atoms with Gasteiger partial charge in [0.2, 0.25) is 11.8 Å². The van der Waals surface area contributed by atoms with Gasteiger partial charge in [-0.3, -0.25) is 10.1 Å². The average molecular weight is 289 g/mol. The molecule has 10 heteroatoms. The van der Waals surface area contributed by atoms with Crippen molar-refractivity contribution in [1.29, 1.82) is 0 Å². The number of sulfone groups is 1. The van der Waals surface area contributed by atoms with Crippen LogP contribution in [0.4, 0.5) is 17.5 Å². The number of anilines is 2. The molecule has 1 aromatic rings. The van der Waals surface area contributed by atoms with E-state index in [1.807, 2.05) is 0 Å². The maximum Gasteiger partial charge on any atom is 0.332 e. The highest BCUT2D eigenvalue weighted by Gasteiger charge is 2.21. The molecule has 0 saturated carbocycles. The van der Waals surface area contributed by atoms with Crippen LogP contribution in [0.5, 0.6) is 0 Å². The molecule has 19 heavy (non-hydrogen) atoms. The van der Waals surface area contributed by atoms with Crippen LogP contribution in [0.1, 0.15) is 5.69 Å². The van der Waals surface area contributed by atoms with E-state index in [0.29, 0.717) is 0 Å². The fraction of sp³-hybridized carbons (Fsp3) is 0.556. The summed E-state index contributed by atoms with van der Waals surface area (Å²) < 4.78 is 22.0. The minimum Gasteiger partial charge on any atom is -0.363 e. The van der Waals surface area contributed by atoms with Crippen molar-refractivity contribution in [3.8, 4) is 0 Å². The van der Waals surface area contributed by atoms with Crippen LogP contribution in [0.25, 0.3) is 0 Å². The summed E-state index contributed by atoms with van der Waals surface area (Å²) >= 11 is 0. The number of hydrogen-bond donors (Lipinski definition) is 2. The van der Waals surface area contributed by atoms with E-state index in [4.69, 9.17) is 0 Å². The minimum atomic E-state index is -3.14. The summed E-state index contributed by atoms with van der Waals surface area (Å²) in [6.07, 6.45) is 1.09. The third-order valence-corrected chi connectivity index (χ3v) is 3.18. The molecule has 106 valence electrons. The van der Waals surface area contributed by atoms with Gasteiger partial charge in [0.05, 0.1) is 10.7 Å². The quantitative estimate of drug-likeness (QED) is 0.561. The zero-order valence-electron chi connectivity index (χ0n) is 10.8. The molecule has 9 nitrogen and oxygen atoms in total. The van der Waals surface area contributed by atoms with Crippen molar-refractivity contribution in [1.82, 2.24) is 9.97 Å². The van der Waals surface area contributed by atoms with E-state index in [-0.39, 0.29) is 35.4 Å². The summed E-state index contributed by atoms with van der Waals surface area (Å²) in [5.74, 6) is 0.0951. The van der Waals surface area contributed by atoms with Gasteiger partial charge in [0.15, 0.2) is 0 Å². The Hall–Kier alpha value is -1.97. The Balaban J connectivity index is 3.03. The molecule has 0 radical (unpaired) electrons. The number of rotatable bonds is 6. The number of nitrogens with one attached hydrogen (secondary N) is 2. The van der Waals surface area contributed by atoms with E-state index in [1.165, 1.54) is 6.92 Å². The van der Waals surface area contributed by atoms with Gasteiger partial charge in [-0.1, -0.05) is 0 Å². The first-order chi connectivity index (χ1) is 8.74. The third-order valence-electron chi connectivity index (χ3n) is 2.23. The second kappa shape index (κ2) is 5.78. The number of nitrogens with zero attached hydrogens (tertiary/aromatic N) is 3. The van der Waals surface area contributed by atoms with Crippen LogP contribution in [-0.2, 0) is 9.84 Å². The molecule has 1 aromatic heterocycles. The van der Waals surface area contributed by atoms with Crippen LogP contribution < -0.4 is 10.6 Å². The highest BCUT2D eigenvalue weighted by atomic mass is 32.2. The first-order valence-electron chi connectivity index (χ1n) is 5.37. The molecule has 0 aliphatic carbocycles. The lowest BCUT2D eigenvalue weighted by Gasteiger charge is -2.08. The molecular formula is C9H15N5O4S. The highest BCUT2D eigenvalue weighted by molar-refractivity contribution is 7.90. The van der Waals surface area contributed by atoms with Crippen LogP contribution in [0, 0.1) is 17.0 Å². The van der Waals surface area contributed by atoms with E-state index in [9.17, 15) is 18.5 Å². The monoisotopic (exact) mass is 289 g/mol. The SMILES string of the molecule is CNc1nc(C)c([N+](=O)[O-])c(NCCS(C)(=O)=O)n1. The van der Waals surface area contributed by atoms with Crippen LogP contribution in [-0.4, -0.2) is 48.9 Å². The number of nitro groups is 1. The Bertz CT molecular complexity index is 587. The van der Waals surface area contributed by atoms with Gasteiger partial charge in [0.1, 0.15) is 15.5 Å². The van der Waals surface area contributed by atoms with Crippen LogP contribution in [0.3, 0.4) is 0 Å². The number of aromatic nitrogens is 2. The van der Waals surface area contributed by atoms with E-state index in [2.05, 4.69) is 20.6 Å². The molecule has 0 spiro atoms. The zero-order valence-corrected chi connectivity index (χ0v) is 11.6. The number of hydrogen-bond acceptors (Lipinski definition) is 8. The molecule has 0 saturated heterocycles. The number of aryl methyl sites for hydroxylation is 1. The van der Waals surface area contributed by atoms with E-state index < -0.39 is 14.8 Å². The second-order valence-corrected chi connectivity index (χ2v) is 6.15. The van der Waals surface area contributed by atoms with Crippen molar-refractivity contribution in [2.24, 2.45) is 0 Å². The summed E-state index contributed by atoms with van der Waals surface area (Å²) in [4.78, 5) is 18.2. The second-order valence-electron chi connectivity index (χ2n) is 3.89. The average Bonchev–Trinajstić information content (AvgIpc) is 2.25. The molecule has 0 aliphatic heterocycles. The van der Waals surface area contributed by atoms with Crippen molar-refractivity contribution in [2.45, 2.75) is 6.92 Å². The van der Waals surface area contributed by atoms with Gasteiger partial charge in [0.25, 0.3) is 0 Å². The molecule has 0 bridgehead atoms. The summed E-state index contributed by atoms with van der Waals surface area (Å²) in [6.45, 7) is 1.53. The summed E-state index contributed by atoms with van der Waals surface area (Å²) in [7, 11) is -1.56. The fourth-order valence-corrected chi connectivity index (χ4v) is 1.85. The van der Waals surface area contributed by atoms with Gasteiger partial charge >= 0.3 is 5.69 Å². The summed E-state index contributed by atoms with van der Waals surface area (Å²) in [5.41, 5.74) is -0.0568. The Morgan fingerprint density at radius 3 is 2.47 bits per heavy atom. The van der Waals surface area contributed by atoms with Gasteiger partial charge < -0.3 is 10.6 Å². The van der Waals surface area contributed by atoms with E-state index in [0.717, 1.165) is 6.26 Å². The first kappa shape index (κ1) is 15.1. The van der Waals surface area contributed by atoms with Gasteiger partial charge in [-0.15, -0.1) is 0 Å². The fourth-order valence-electron chi connectivity index (χ4n) is 1.38.